The maximum Gasteiger partial charge on any atom is 0.241 e. The average Bonchev–Trinajstić information content (AvgIpc) is 1.96. The van der Waals surface area contributed by atoms with Gasteiger partial charge in [-0.25, -0.2) is 0 Å². The molecule has 0 bridgehead atoms. The quantitative estimate of drug-likeness (QED) is 0.506. The normalized spacial score (nSPS) is 10.7. The summed E-state index contributed by atoms with van der Waals surface area (Å²) in [6.07, 6.45) is 3.69. The summed E-state index contributed by atoms with van der Waals surface area (Å²) in [7, 11) is 0. The first-order valence-electron chi connectivity index (χ1n) is 3.01. The van der Waals surface area contributed by atoms with Crippen molar-refractivity contribution >= 4 is 17.6 Å². The van der Waals surface area contributed by atoms with Crippen LogP contribution in [0.25, 0.3) is 0 Å². The zero-order valence-corrected chi connectivity index (χ0v) is 6.19. The topological polar surface area (TPSA) is 103 Å². The van der Waals surface area contributed by atoms with Crippen LogP contribution in [0.5, 0.6) is 0 Å². The summed E-state index contributed by atoms with van der Waals surface area (Å²) >= 11 is 0. The molecule has 4 N–H and O–H groups in total. The number of nitrogens with two attached hydrogens (primary N) is 2. The molecule has 0 aromatic rings. The van der Waals surface area contributed by atoms with Gasteiger partial charge in [-0.2, -0.15) is 0 Å². The van der Waals surface area contributed by atoms with Crippen LogP contribution in [-0.2, 0) is 14.4 Å². The number of carbonyl (C=O) groups excluding carboxylic acids is 3. The molecule has 64 valence electrons. The van der Waals surface area contributed by atoms with E-state index in [1.54, 1.807) is 0 Å². The molecule has 0 saturated carbocycles. The smallest absolute Gasteiger partial charge is 0.241 e. The van der Waals surface area contributed by atoms with Crippen LogP contribution in [0, 0.1) is 0 Å². The number of rotatable bonds is 4. The van der Waals surface area contributed by atoms with Gasteiger partial charge in [0.1, 0.15) is 0 Å². The van der Waals surface area contributed by atoms with Crippen LogP contribution >= 0.6 is 0 Å². The van der Waals surface area contributed by atoms with Crippen molar-refractivity contribution in [1.82, 2.24) is 0 Å². The predicted molar refractivity (Wildman–Crippen MR) is 41.7 cm³/mol. The van der Waals surface area contributed by atoms with Crippen LogP contribution in [-0.4, -0.2) is 17.6 Å². The lowest BCUT2D eigenvalue weighted by Crippen LogP contribution is -2.07. The van der Waals surface area contributed by atoms with E-state index < -0.39 is 17.6 Å². The highest BCUT2D eigenvalue weighted by atomic mass is 16.1. The molecule has 12 heavy (non-hydrogen) atoms. The summed E-state index contributed by atoms with van der Waals surface area (Å²) in [4.78, 5) is 30.9. The molecular formula is C7H8N2O3. The molecule has 0 saturated heterocycles. The zero-order chi connectivity index (χ0) is 9.56. The van der Waals surface area contributed by atoms with E-state index in [1.165, 1.54) is 0 Å². The molecule has 0 heterocycles. The fourth-order valence-electron chi connectivity index (χ4n) is 0.384. The molecule has 0 fully saturated rings. The monoisotopic (exact) mass is 168 g/mol. The Bertz CT molecular complexity index is 240. The van der Waals surface area contributed by atoms with Crippen molar-refractivity contribution in [1.29, 1.82) is 0 Å². The minimum absolute atomic E-state index is 0.521. The van der Waals surface area contributed by atoms with Crippen LogP contribution in [0.1, 0.15) is 0 Å². The second-order valence-electron chi connectivity index (χ2n) is 1.87. The highest BCUT2D eigenvalue weighted by Gasteiger charge is 1.91. The van der Waals surface area contributed by atoms with Gasteiger partial charge >= 0.3 is 0 Å². The van der Waals surface area contributed by atoms with Gasteiger partial charge in [0.25, 0.3) is 0 Å². The first kappa shape index (κ1) is 10.1. The van der Waals surface area contributed by atoms with Gasteiger partial charge in [-0.1, -0.05) is 0 Å². The molecule has 0 aromatic carbocycles. The minimum atomic E-state index is -0.726. The van der Waals surface area contributed by atoms with E-state index in [1.807, 2.05) is 0 Å². The van der Waals surface area contributed by atoms with Gasteiger partial charge in [-0.05, 0) is 12.2 Å². The van der Waals surface area contributed by atoms with E-state index in [0.717, 1.165) is 24.3 Å². The van der Waals surface area contributed by atoms with Crippen LogP contribution in [0.4, 0.5) is 0 Å². The fourth-order valence-corrected chi connectivity index (χ4v) is 0.384. The maximum absolute atomic E-state index is 10.7. The van der Waals surface area contributed by atoms with Crippen molar-refractivity contribution in [2.45, 2.75) is 0 Å². The van der Waals surface area contributed by atoms with Crippen LogP contribution in [0.15, 0.2) is 24.3 Å². The van der Waals surface area contributed by atoms with Crippen molar-refractivity contribution < 1.29 is 14.4 Å². The lowest BCUT2D eigenvalue weighted by molar-refractivity contribution is -0.114. The Morgan fingerprint density at radius 1 is 0.750 bits per heavy atom. The third-order valence-corrected chi connectivity index (χ3v) is 0.824. The van der Waals surface area contributed by atoms with Crippen molar-refractivity contribution in [2.75, 3.05) is 0 Å². The molecule has 0 aliphatic heterocycles. The number of hydrogen-bond donors (Lipinski definition) is 2. The van der Waals surface area contributed by atoms with Crippen LogP contribution in [0.2, 0.25) is 0 Å². The SMILES string of the molecule is NC(=O)C=CC(=O)C=CC(N)=O. The van der Waals surface area contributed by atoms with E-state index in [-0.39, 0.29) is 0 Å². The fraction of sp³-hybridized carbons (Fsp3) is 0. The number of hydrogen-bond acceptors (Lipinski definition) is 3. The summed E-state index contributed by atoms with van der Waals surface area (Å²) in [5, 5.41) is 0. The number of amides is 2. The van der Waals surface area contributed by atoms with Crippen molar-refractivity contribution in [3.63, 3.8) is 0 Å². The molecule has 2 amide bonds. The second-order valence-corrected chi connectivity index (χ2v) is 1.87. The van der Waals surface area contributed by atoms with E-state index in [2.05, 4.69) is 0 Å². The number of ketones is 1. The molecule has 0 aliphatic rings. The lowest BCUT2D eigenvalue weighted by atomic mass is 10.3. The van der Waals surface area contributed by atoms with E-state index in [4.69, 9.17) is 11.5 Å². The predicted octanol–water partition coefficient (Wildman–Crippen LogP) is -1.36. The largest absolute Gasteiger partial charge is 0.366 e. The molecular weight excluding hydrogens is 160 g/mol. The Hall–Kier alpha value is -1.91. The molecule has 0 radical (unpaired) electrons. The number of primary amides is 2. The molecule has 0 aromatic heterocycles. The summed E-state index contributed by atoms with van der Waals surface area (Å²) in [5.74, 6) is -1.97. The highest BCUT2D eigenvalue weighted by Crippen LogP contribution is 1.79. The van der Waals surface area contributed by atoms with Gasteiger partial charge in [-0.3, -0.25) is 14.4 Å². The molecule has 5 heteroatoms. The molecule has 0 rings (SSSR count). The molecule has 0 spiro atoms. The lowest BCUT2D eigenvalue weighted by Gasteiger charge is -1.81. The van der Waals surface area contributed by atoms with Gasteiger partial charge in [-0.15, -0.1) is 0 Å². The second kappa shape index (κ2) is 4.84. The molecule has 0 unspecified atom stereocenters. The Morgan fingerprint density at radius 2 is 1.08 bits per heavy atom. The summed E-state index contributed by atoms with van der Waals surface area (Å²) in [6, 6.07) is 0. The molecule has 0 aliphatic carbocycles. The van der Waals surface area contributed by atoms with Gasteiger partial charge in [0, 0.05) is 12.2 Å². The van der Waals surface area contributed by atoms with Crippen LogP contribution in [0.3, 0.4) is 0 Å². The van der Waals surface area contributed by atoms with E-state index >= 15 is 0 Å². The van der Waals surface area contributed by atoms with Gasteiger partial charge in [0.15, 0.2) is 5.78 Å². The highest BCUT2D eigenvalue weighted by molar-refractivity contribution is 6.05. The van der Waals surface area contributed by atoms with Gasteiger partial charge in [0.05, 0.1) is 0 Å². The maximum atomic E-state index is 10.7. The summed E-state index contributed by atoms with van der Waals surface area (Å²) < 4.78 is 0. The van der Waals surface area contributed by atoms with Gasteiger partial charge < -0.3 is 11.5 Å². The Labute approximate surface area is 68.7 Å². The minimum Gasteiger partial charge on any atom is -0.366 e. The summed E-state index contributed by atoms with van der Waals surface area (Å²) in [5.41, 5.74) is 9.41. The third kappa shape index (κ3) is 6.21. The third-order valence-electron chi connectivity index (χ3n) is 0.824. The number of carbonyl (C=O) groups is 3. The van der Waals surface area contributed by atoms with Crippen molar-refractivity contribution in [2.24, 2.45) is 11.5 Å². The Kier molecular flexibility index (Phi) is 4.07. The molecule has 0 atom stereocenters. The van der Waals surface area contributed by atoms with E-state index in [9.17, 15) is 14.4 Å². The molecule has 5 nitrogen and oxygen atoms in total. The summed E-state index contributed by atoms with van der Waals surface area (Å²) in [6.45, 7) is 0. The first-order chi connectivity index (χ1) is 5.52. The van der Waals surface area contributed by atoms with Crippen molar-refractivity contribution in [3.8, 4) is 0 Å². The Balaban J connectivity index is 4.07. The van der Waals surface area contributed by atoms with Gasteiger partial charge in [0.2, 0.25) is 11.8 Å². The first-order valence-corrected chi connectivity index (χ1v) is 3.01. The average molecular weight is 168 g/mol. The standard InChI is InChI=1S/C7H8N2O3/c8-6(11)3-1-5(10)2-4-7(9)12/h1-4H,(H2,8,11)(H2,9,12). The van der Waals surface area contributed by atoms with Crippen molar-refractivity contribution in [3.05, 3.63) is 24.3 Å². The zero-order valence-electron chi connectivity index (χ0n) is 6.19. The Morgan fingerprint density at radius 3 is 1.33 bits per heavy atom. The number of allylic oxidation sites excluding steroid dienone is 2. The van der Waals surface area contributed by atoms with Crippen LogP contribution < -0.4 is 11.5 Å². The van der Waals surface area contributed by atoms with E-state index in [0.29, 0.717) is 0 Å².